The van der Waals surface area contributed by atoms with Gasteiger partial charge in [0.2, 0.25) is 0 Å². The normalized spacial score (nSPS) is 48.7. The molecule has 1 unspecified atom stereocenters. The molecule has 3 saturated carbocycles. The van der Waals surface area contributed by atoms with Gasteiger partial charge in [-0.25, -0.2) is 0 Å². The fraction of sp³-hybridized carbons (Fsp3) is 0.939. The molecule has 6 heteroatoms. The van der Waals surface area contributed by atoms with Crippen LogP contribution in [-0.4, -0.2) is 63.8 Å². The van der Waals surface area contributed by atoms with Crippen molar-refractivity contribution in [1.29, 1.82) is 0 Å². The molecule has 0 aromatic heterocycles. The molecule has 0 radical (unpaired) electrons. The summed E-state index contributed by atoms with van der Waals surface area (Å²) in [6.07, 6.45) is 9.98. The average Bonchev–Trinajstić information content (AvgIpc) is 3.26. The molecule has 6 nitrogen and oxygen atoms in total. The number of allylic oxidation sites excluding steroid dienone is 1. The molecule has 4 aliphatic carbocycles. The van der Waals surface area contributed by atoms with E-state index in [2.05, 4.69) is 40.7 Å². The van der Waals surface area contributed by atoms with Crippen LogP contribution in [0, 0.1) is 46.3 Å². The maximum atomic E-state index is 10.5. The minimum Gasteiger partial charge on any atom is -0.394 e. The van der Waals surface area contributed by atoms with Crippen LogP contribution < -0.4 is 0 Å². The summed E-state index contributed by atoms with van der Waals surface area (Å²) >= 11 is 0. The summed E-state index contributed by atoms with van der Waals surface area (Å²) in [6.45, 7) is 12.0. The van der Waals surface area contributed by atoms with Crippen molar-refractivity contribution in [1.82, 2.24) is 0 Å². The summed E-state index contributed by atoms with van der Waals surface area (Å²) in [5.74, 6) is 4.87. The minimum absolute atomic E-state index is 0.0984. The van der Waals surface area contributed by atoms with Crippen LogP contribution in [0.3, 0.4) is 0 Å². The Hall–Kier alpha value is -0.500. The van der Waals surface area contributed by atoms with Crippen molar-refractivity contribution in [3.8, 4) is 0 Å². The number of fused-ring (bicyclic) bond motifs is 5. The maximum absolute atomic E-state index is 10.5. The molecule has 0 amide bonds. The number of hydrogen-bond donors (Lipinski definition) is 4. The molecule has 1 saturated heterocycles. The van der Waals surface area contributed by atoms with Gasteiger partial charge in [-0.2, -0.15) is 0 Å². The highest BCUT2D eigenvalue weighted by Crippen LogP contribution is 2.67. The zero-order valence-electron chi connectivity index (χ0n) is 25.1. The first kappa shape index (κ1) is 30.0. The van der Waals surface area contributed by atoms with Crippen molar-refractivity contribution in [2.75, 3.05) is 6.61 Å². The van der Waals surface area contributed by atoms with Gasteiger partial charge in [0.25, 0.3) is 0 Å². The zero-order valence-corrected chi connectivity index (χ0v) is 25.1. The molecule has 0 aromatic rings. The van der Waals surface area contributed by atoms with Crippen LogP contribution in [0.2, 0.25) is 0 Å². The summed E-state index contributed by atoms with van der Waals surface area (Å²) in [5.41, 5.74) is 2.20. The Morgan fingerprint density at radius 2 is 1.72 bits per heavy atom. The van der Waals surface area contributed by atoms with Crippen LogP contribution in [0.5, 0.6) is 0 Å². The SMILES string of the molecule is CC(C)CCCC(C)[C@H]1CC[C@H]2[C@@H]3CC=C4C[C@@H](O[C@@H]5O[C@H](CO)[C@H](O)[C@H](O)[C@H]5O)CC[C@]4(C)[C@H]3CC[C@]12C. The fourth-order valence-electron chi connectivity index (χ4n) is 10.1. The second-order valence-corrected chi connectivity index (χ2v) is 15.0. The first-order chi connectivity index (χ1) is 18.5. The average molecular weight is 549 g/mol. The molecule has 39 heavy (non-hydrogen) atoms. The van der Waals surface area contributed by atoms with Crippen LogP contribution in [0.1, 0.15) is 105 Å². The van der Waals surface area contributed by atoms with E-state index in [0.29, 0.717) is 5.41 Å². The molecule has 224 valence electrons. The quantitative estimate of drug-likeness (QED) is 0.311. The highest BCUT2D eigenvalue weighted by Gasteiger charge is 2.59. The summed E-state index contributed by atoms with van der Waals surface area (Å²) in [5, 5.41) is 40.3. The van der Waals surface area contributed by atoms with Gasteiger partial charge in [-0.05, 0) is 97.7 Å². The van der Waals surface area contributed by atoms with E-state index in [1.807, 2.05) is 0 Å². The van der Waals surface area contributed by atoms with Crippen molar-refractivity contribution < 1.29 is 29.9 Å². The Labute approximate surface area is 236 Å². The zero-order chi connectivity index (χ0) is 28.1. The number of aliphatic hydroxyl groups is 4. The molecular formula is C33H56O6. The Bertz CT molecular complexity index is 872. The molecule has 0 aromatic carbocycles. The standard InChI is InChI=1S/C33H56O6/c1-19(2)7-6-8-20(3)24-11-12-25-23-10-9-21-17-22(13-15-32(21,4)26(23)14-16-33(24,25)5)38-31-30(37)29(36)28(35)27(18-34)39-31/h9,19-20,22-31,34-37H,6-8,10-18H2,1-5H3/t20?,22-,23-,24+,25-,26-,27+,28-,29-,30+,31+,32-,33+/m0/s1. The van der Waals surface area contributed by atoms with Crippen LogP contribution >= 0.6 is 0 Å². The van der Waals surface area contributed by atoms with Gasteiger partial charge in [-0.3, -0.25) is 0 Å². The van der Waals surface area contributed by atoms with Gasteiger partial charge < -0.3 is 29.9 Å². The molecule has 13 atom stereocenters. The largest absolute Gasteiger partial charge is 0.394 e. The van der Waals surface area contributed by atoms with Crippen molar-refractivity contribution in [3.05, 3.63) is 11.6 Å². The van der Waals surface area contributed by atoms with E-state index in [4.69, 9.17) is 9.47 Å². The summed E-state index contributed by atoms with van der Waals surface area (Å²) in [6, 6.07) is 0. The molecule has 5 rings (SSSR count). The van der Waals surface area contributed by atoms with Gasteiger partial charge in [-0.15, -0.1) is 0 Å². The molecule has 4 N–H and O–H groups in total. The van der Waals surface area contributed by atoms with Crippen LogP contribution in [0.4, 0.5) is 0 Å². The Kier molecular flexibility index (Phi) is 8.95. The molecular weight excluding hydrogens is 492 g/mol. The molecule has 4 fully saturated rings. The number of rotatable bonds is 8. The van der Waals surface area contributed by atoms with Crippen molar-refractivity contribution >= 4 is 0 Å². The Morgan fingerprint density at radius 3 is 2.44 bits per heavy atom. The van der Waals surface area contributed by atoms with Crippen LogP contribution in [0.15, 0.2) is 11.6 Å². The van der Waals surface area contributed by atoms with Crippen molar-refractivity contribution in [2.45, 2.75) is 142 Å². The highest BCUT2D eigenvalue weighted by atomic mass is 16.7. The third-order valence-electron chi connectivity index (χ3n) is 12.4. The predicted octanol–water partition coefficient (Wildman–Crippen LogP) is 5.21. The van der Waals surface area contributed by atoms with Gasteiger partial charge in [0.05, 0.1) is 12.7 Å². The van der Waals surface area contributed by atoms with Crippen LogP contribution in [0.25, 0.3) is 0 Å². The monoisotopic (exact) mass is 548 g/mol. The summed E-state index contributed by atoms with van der Waals surface area (Å²) in [7, 11) is 0. The van der Waals surface area contributed by atoms with Gasteiger partial charge in [0, 0.05) is 0 Å². The number of aliphatic hydroxyl groups excluding tert-OH is 4. The Morgan fingerprint density at radius 1 is 0.949 bits per heavy atom. The topological polar surface area (TPSA) is 99.4 Å². The van der Waals surface area contributed by atoms with Crippen molar-refractivity contribution in [3.63, 3.8) is 0 Å². The third-order valence-corrected chi connectivity index (χ3v) is 12.4. The lowest BCUT2D eigenvalue weighted by molar-refractivity contribution is -0.313. The van der Waals surface area contributed by atoms with E-state index in [-0.39, 0.29) is 11.5 Å². The number of ether oxygens (including phenoxy) is 2. The predicted molar refractivity (Wildman–Crippen MR) is 152 cm³/mol. The lowest BCUT2D eigenvalue weighted by Gasteiger charge is -2.58. The lowest BCUT2D eigenvalue weighted by atomic mass is 9.47. The van der Waals surface area contributed by atoms with E-state index < -0.39 is 37.3 Å². The fourth-order valence-corrected chi connectivity index (χ4v) is 10.1. The molecule has 0 spiro atoms. The molecule has 5 aliphatic rings. The minimum atomic E-state index is -1.39. The van der Waals surface area contributed by atoms with E-state index in [9.17, 15) is 20.4 Å². The lowest BCUT2D eigenvalue weighted by Crippen LogP contribution is -2.60. The van der Waals surface area contributed by atoms with E-state index in [1.54, 1.807) is 0 Å². The van der Waals surface area contributed by atoms with Gasteiger partial charge in [0.15, 0.2) is 6.29 Å². The van der Waals surface area contributed by atoms with E-state index in [0.717, 1.165) is 54.8 Å². The molecule has 1 aliphatic heterocycles. The van der Waals surface area contributed by atoms with E-state index >= 15 is 0 Å². The van der Waals surface area contributed by atoms with Gasteiger partial charge in [0.1, 0.15) is 24.4 Å². The first-order valence-corrected chi connectivity index (χ1v) is 16.1. The first-order valence-electron chi connectivity index (χ1n) is 16.1. The summed E-state index contributed by atoms with van der Waals surface area (Å²) < 4.78 is 11.9. The maximum Gasteiger partial charge on any atom is 0.186 e. The van der Waals surface area contributed by atoms with Crippen LogP contribution in [-0.2, 0) is 9.47 Å². The van der Waals surface area contributed by atoms with Gasteiger partial charge in [-0.1, -0.05) is 65.5 Å². The van der Waals surface area contributed by atoms with Crippen molar-refractivity contribution in [2.24, 2.45) is 46.3 Å². The smallest absolute Gasteiger partial charge is 0.186 e. The second-order valence-electron chi connectivity index (χ2n) is 15.0. The Balaban J connectivity index is 1.24. The van der Waals surface area contributed by atoms with Gasteiger partial charge >= 0.3 is 0 Å². The van der Waals surface area contributed by atoms with E-state index in [1.165, 1.54) is 56.9 Å². The number of hydrogen-bond acceptors (Lipinski definition) is 6. The molecule has 1 heterocycles. The second kappa shape index (κ2) is 11.6. The third kappa shape index (κ3) is 5.41. The highest BCUT2D eigenvalue weighted by molar-refractivity contribution is 5.25. The summed E-state index contributed by atoms with van der Waals surface area (Å²) in [4.78, 5) is 0. The molecule has 0 bridgehead atoms.